The average Bonchev–Trinajstić information content (AvgIpc) is 2.60. The molecule has 0 aliphatic carbocycles. The van der Waals surface area contributed by atoms with E-state index in [9.17, 15) is 4.79 Å². The minimum absolute atomic E-state index is 0.122. The predicted molar refractivity (Wildman–Crippen MR) is 67.9 cm³/mol. The number of carbonyl (C=O) groups excluding carboxylic acids is 1. The summed E-state index contributed by atoms with van der Waals surface area (Å²) in [5.74, 6) is 0.901. The molecule has 1 atom stereocenters. The van der Waals surface area contributed by atoms with E-state index < -0.39 is 0 Å². The van der Waals surface area contributed by atoms with Gasteiger partial charge >= 0.3 is 0 Å². The lowest BCUT2D eigenvalue weighted by molar-refractivity contribution is -0.117. The normalized spacial score (nSPS) is 20.6. The third kappa shape index (κ3) is 2.23. The van der Waals surface area contributed by atoms with Gasteiger partial charge in [-0.3, -0.25) is 4.79 Å². The molecule has 1 aromatic rings. The summed E-state index contributed by atoms with van der Waals surface area (Å²) in [6.45, 7) is 2.60. The number of hydrogen-bond acceptors (Lipinski definition) is 2. The zero-order valence-electron chi connectivity index (χ0n) is 8.91. The Bertz CT molecular complexity index is 424. The van der Waals surface area contributed by atoms with Gasteiger partial charge in [-0.1, -0.05) is 0 Å². The number of nitrogens with zero attached hydrogens (tertiary/aromatic N) is 2. The SMILES string of the molecule is Cc1ccc(N2CC(CCl)CC2=O)c(Br)n1. The van der Waals surface area contributed by atoms with E-state index in [2.05, 4.69) is 20.9 Å². The van der Waals surface area contributed by atoms with Gasteiger partial charge in [0.1, 0.15) is 4.60 Å². The van der Waals surface area contributed by atoms with Crippen molar-refractivity contribution >= 4 is 39.1 Å². The molecule has 1 amide bonds. The van der Waals surface area contributed by atoms with Crippen LogP contribution in [0.3, 0.4) is 0 Å². The molecule has 3 nitrogen and oxygen atoms in total. The summed E-state index contributed by atoms with van der Waals surface area (Å²) in [6.07, 6.45) is 0.532. The standard InChI is InChI=1S/C11H12BrClN2O/c1-7-2-3-9(11(12)14-7)15-6-8(5-13)4-10(15)16/h2-3,8H,4-6H2,1H3. The molecule has 0 aromatic carbocycles. The van der Waals surface area contributed by atoms with Crippen molar-refractivity contribution in [2.75, 3.05) is 17.3 Å². The monoisotopic (exact) mass is 302 g/mol. The Morgan fingerprint density at radius 3 is 2.94 bits per heavy atom. The number of amides is 1. The number of aromatic nitrogens is 1. The van der Waals surface area contributed by atoms with E-state index in [0.717, 1.165) is 16.0 Å². The van der Waals surface area contributed by atoms with Crippen LogP contribution < -0.4 is 4.90 Å². The van der Waals surface area contributed by atoms with Crippen molar-refractivity contribution in [2.24, 2.45) is 5.92 Å². The van der Waals surface area contributed by atoms with Crippen LogP contribution in [0.1, 0.15) is 12.1 Å². The van der Waals surface area contributed by atoms with Gasteiger partial charge in [-0.25, -0.2) is 4.98 Å². The first-order chi connectivity index (χ1) is 7.61. The molecular weight excluding hydrogens is 291 g/mol. The second kappa shape index (κ2) is 4.72. The van der Waals surface area contributed by atoms with Crippen molar-refractivity contribution in [3.63, 3.8) is 0 Å². The zero-order valence-corrected chi connectivity index (χ0v) is 11.3. The first-order valence-electron chi connectivity index (χ1n) is 5.11. The van der Waals surface area contributed by atoms with Crippen molar-refractivity contribution in [3.05, 3.63) is 22.4 Å². The summed E-state index contributed by atoms with van der Waals surface area (Å²) in [7, 11) is 0. The molecule has 0 bridgehead atoms. The molecule has 16 heavy (non-hydrogen) atoms. The fourth-order valence-corrected chi connectivity index (χ4v) is 2.67. The minimum atomic E-state index is 0.122. The van der Waals surface area contributed by atoms with E-state index in [1.54, 1.807) is 4.90 Å². The molecule has 1 fully saturated rings. The highest BCUT2D eigenvalue weighted by molar-refractivity contribution is 9.10. The lowest BCUT2D eigenvalue weighted by Gasteiger charge is -2.17. The minimum Gasteiger partial charge on any atom is -0.310 e. The van der Waals surface area contributed by atoms with Gasteiger partial charge < -0.3 is 4.90 Å². The van der Waals surface area contributed by atoms with Gasteiger partial charge in [0.25, 0.3) is 0 Å². The zero-order chi connectivity index (χ0) is 11.7. The molecule has 0 N–H and O–H groups in total. The smallest absolute Gasteiger partial charge is 0.227 e. The van der Waals surface area contributed by atoms with Crippen LogP contribution in [0.15, 0.2) is 16.7 Å². The molecule has 86 valence electrons. The Morgan fingerprint density at radius 2 is 2.38 bits per heavy atom. The molecular formula is C11H12BrClN2O. The number of hydrogen-bond donors (Lipinski definition) is 0. The fourth-order valence-electron chi connectivity index (χ4n) is 1.84. The van der Waals surface area contributed by atoms with Crippen LogP contribution in [0.5, 0.6) is 0 Å². The Labute approximate surface area is 108 Å². The molecule has 2 rings (SSSR count). The Hall–Kier alpha value is -0.610. The quantitative estimate of drug-likeness (QED) is 0.622. The maximum atomic E-state index is 11.8. The van der Waals surface area contributed by atoms with Crippen molar-refractivity contribution in [3.8, 4) is 0 Å². The van der Waals surface area contributed by atoms with Gasteiger partial charge in [-0.2, -0.15) is 0 Å². The third-order valence-electron chi connectivity index (χ3n) is 2.68. The van der Waals surface area contributed by atoms with E-state index >= 15 is 0 Å². The molecule has 1 aliphatic rings. The van der Waals surface area contributed by atoms with Crippen molar-refractivity contribution in [1.82, 2.24) is 4.98 Å². The maximum absolute atomic E-state index is 11.8. The van der Waals surface area contributed by atoms with Crippen LogP contribution in [-0.4, -0.2) is 23.3 Å². The molecule has 1 aromatic heterocycles. The molecule has 0 spiro atoms. The second-order valence-corrected chi connectivity index (χ2v) is 5.05. The highest BCUT2D eigenvalue weighted by Gasteiger charge is 2.31. The molecule has 1 saturated heterocycles. The predicted octanol–water partition coefficient (Wildman–Crippen LogP) is 2.74. The highest BCUT2D eigenvalue weighted by atomic mass is 79.9. The number of anilines is 1. The molecule has 2 heterocycles. The van der Waals surface area contributed by atoms with E-state index in [0.29, 0.717) is 18.8 Å². The van der Waals surface area contributed by atoms with E-state index in [1.165, 1.54) is 0 Å². The molecule has 5 heteroatoms. The average molecular weight is 304 g/mol. The van der Waals surface area contributed by atoms with Crippen molar-refractivity contribution < 1.29 is 4.79 Å². The van der Waals surface area contributed by atoms with Crippen molar-refractivity contribution in [1.29, 1.82) is 0 Å². The number of aryl methyl sites for hydroxylation is 1. The van der Waals surface area contributed by atoms with Gasteiger partial charge in [0.2, 0.25) is 5.91 Å². The lowest BCUT2D eigenvalue weighted by atomic mass is 10.1. The second-order valence-electron chi connectivity index (χ2n) is 3.99. The lowest BCUT2D eigenvalue weighted by Crippen LogP contribution is -2.25. The first-order valence-corrected chi connectivity index (χ1v) is 6.44. The summed E-state index contributed by atoms with van der Waals surface area (Å²) in [6, 6.07) is 3.82. The summed E-state index contributed by atoms with van der Waals surface area (Å²) in [5.41, 5.74) is 1.76. The highest BCUT2D eigenvalue weighted by Crippen LogP contribution is 2.30. The van der Waals surface area contributed by atoms with E-state index in [4.69, 9.17) is 11.6 Å². The van der Waals surface area contributed by atoms with E-state index in [1.807, 2.05) is 19.1 Å². The van der Waals surface area contributed by atoms with Crippen LogP contribution in [-0.2, 0) is 4.79 Å². The topological polar surface area (TPSA) is 33.2 Å². The number of pyridine rings is 1. The third-order valence-corrected chi connectivity index (χ3v) is 3.70. The summed E-state index contributed by atoms with van der Waals surface area (Å²) < 4.78 is 0.719. The largest absolute Gasteiger partial charge is 0.310 e. The number of alkyl halides is 1. The number of halogens is 2. The van der Waals surface area contributed by atoms with Gasteiger partial charge in [0.05, 0.1) is 5.69 Å². The molecule has 0 saturated carbocycles. The molecule has 1 aliphatic heterocycles. The van der Waals surface area contributed by atoms with Gasteiger partial charge in [0, 0.05) is 24.5 Å². The molecule has 0 radical (unpaired) electrons. The van der Waals surface area contributed by atoms with Gasteiger partial charge in [-0.05, 0) is 40.9 Å². The number of carbonyl (C=O) groups is 1. The first kappa shape index (κ1) is 11.9. The van der Waals surface area contributed by atoms with Gasteiger partial charge in [-0.15, -0.1) is 11.6 Å². The summed E-state index contributed by atoms with van der Waals surface area (Å²) >= 11 is 9.17. The summed E-state index contributed by atoms with van der Waals surface area (Å²) in [5, 5.41) is 0. The van der Waals surface area contributed by atoms with Crippen LogP contribution >= 0.6 is 27.5 Å². The van der Waals surface area contributed by atoms with Crippen LogP contribution in [0, 0.1) is 12.8 Å². The van der Waals surface area contributed by atoms with Crippen molar-refractivity contribution in [2.45, 2.75) is 13.3 Å². The van der Waals surface area contributed by atoms with Crippen LogP contribution in [0.25, 0.3) is 0 Å². The Morgan fingerprint density at radius 1 is 1.62 bits per heavy atom. The molecule has 1 unspecified atom stereocenters. The van der Waals surface area contributed by atoms with Crippen LogP contribution in [0.4, 0.5) is 5.69 Å². The number of rotatable bonds is 2. The van der Waals surface area contributed by atoms with E-state index in [-0.39, 0.29) is 11.8 Å². The van der Waals surface area contributed by atoms with Gasteiger partial charge in [0.15, 0.2) is 0 Å². The maximum Gasteiger partial charge on any atom is 0.227 e. The Kier molecular flexibility index (Phi) is 3.50. The summed E-state index contributed by atoms with van der Waals surface area (Å²) in [4.78, 5) is 17.8. The van der Waals surface area contributed by atoms with Crippen LogP contribution in [0.2, 0.25) is 0 Å². The fraction of sp³-hybridized carbons (Fsp3) is 0.455. The Balaban J connectivity index is 2.28.